The SMILES string of the molecule is CCOC(=O)CNc1ncc(CN2CCC[C@H]2C(N)=O)cn1. The van der Waals surface area contributed by atoms with Crippen LogP contribution in [0.4, 0.5) is 5.95 Å². The Kier molecular flexibility index (Phi) is 5.65. The number of likely N-dealkylation sites (tertiary alicyclic amines) is 1. The van der Waals surface area contributed by atoms with E-state index in [1.807, 2.05) is 4.90 Å². The quantitative estimate of drug-likeness (QED) is 0.677. The van der Waals surface area contributed by atoms with Crippen molar-refractivity contribution in [2.75, 3.05) is 25.0 Å². The van der Waals surface area contributed by atoms with E-state index in [4.69, 9.17) is 10.5 Å². The molecule has 0 bridgehead atoms. The van der Waals surface area contributed by atoms with Crippen molar-refractivity contribution in [3.8, 4) is 0 Å². The molecule has 1 fully saturated rings. The van der Waals surface area contributed by atoms with Gasteiger partial charge in [0, 0.05) is 24.5 Å². The van der Waals surface area contributed by atoms with Crippen molar-refractivity contribution in [3.63, 3.8) is 0 Å². The Bertz CT molecular complexity index is 520. The van der Waals surface area contributed by atoms with Crippen LogP contribution in [0.2, 0.25) is 0 Å². The van der Waals surface area contributed by atoms with E-state index < -0.39 is 0 Å². The van der Waals surface area contributed by atoms with E-state index in [2.05, 4.69) is 15.3 Å². The molecule has 2 heterocycles. The third-order valence-corrected chi connectivity index (χ3v) is 3.48. The summed E-state index contributed by atoms with van der Waals surface area (Å²) in [5.74, 6) is -0.271. The number of nitrogens with one attached hydrogen (secondary N) is 1. The van der Waals surface area contributed by atoms with Gasteiger partial charge in [-0.15, -0.1) is 0 Å². The van der Waals surface area contributed by atoms with Gasteiger partial charge in [-0.05, 0) is 26.3 Å². The zero-order valence-corrected chi connectivity index (χ0v) is 12.6. The number of nitrogens with zero attached hydrogens (tertiary/aromatic N) is 3. The molecular weight excluding hydrogens is 286 g/mol. The van der Waals surface area contributed by atoms with Gasteiger partial charge < -0.3 is 15.8 Å². The lowest BCUT2D eigenvalue weighted by Gasteiger charge is -2.21. The number of carbonyl (C=O) groups excluding carboxylic acids is 2. The fourth-order valence-electron chi connectivity index (χ4n) is 2.46. The molecule has 0 aromatic carbocycles. The molecule has 1 aromatic rings. The minimum atomic E-state index is -0.350. The Morgan fingerprint density at radius 2 is 2.18 bits per heavy atom. The van der Waals surface area contributed by atoms with Crippen molar-refractivity contribution in [1.29, 1.82) is 0 Å². The summed E-state index contributed by atoms with van der Waals surface area (Å²) in [5, 5.41) is 2.79. The van der Waals surface area contributed by atoms with Crippen molar-refractivity contribution >= 4 is 17.8 Å². The fraction of sp³-hybridized carbons (Fsp3) is 0.571. The minimum Gasteiger partial charge on any atom is -0.465 e. The van der Waals surface area contributed by atoms with Gasteiger partial charge in [-0.25, -0.2) is 9.97 Å². The van der Waals surface area contributed by atoms with Gasteiger partial charge in [0.2, 0.25) is 11.9 Å². The summed E-state index contributed by atoms with van der Waals surface area (Å²) in [6.07, 6.45) is 5.12. The van der Waals surface area contributed by atoms with Crippen LogP contribution in [0.5, 0.6) is 0 Å². The summed E-state index contributed by atoms with van der Waals surface area (Å²) in [6, 6.07) is -0.207. The largest absolute Gasteiger partial charge is 0.465 e. The monoisotopic (exact) mass is 307 g/mol. The first kappa shape index (κ1) is 16.2. The highest BCUT2D eigenvalue weighted by atomic mass is 16.5. The first-order valence-electron chi connectivity index (χ1n) is 7.34. The standard InChI is InChI=1S/C14H21N5O3/c1-2-22-12(20)8-18-14-16-6-10(7-17-14)9-19-5-3-4-11(19)13(15)21/h6-7,11H,2-5,8-9H2,1H3,(H2,15,21)(H,16,17,18)/t11-/m0/s1. The van der Waals surface area contributed by atoms with Crippen LogP contribution in [0.15, 0.2) is 12.4 Å². The average Bonchev–Trinajstić information content (AvgIpc) is 2.95. The molecule has 1 amide bonds. The van der Waals surface area contributed by atoms with Crippen LogP contribution in [-0.2, 0) is 20.9 Å². The van der Waals surface area contributed by atoms with E-state index in [0.29, 0.717) is 19.1 Å². The number of amides is 1. The fourth-order valence-corrected chi connectivity index (χ4v) is 2.46. The third-order valence-electron chi connectivity index (χ3n) is 3.48. The van der Waals surface area contributed by atoms with E-state index in [1.165, 1.54) is 0 Å². The molecule has 0 saturated carbocycles. The maximum atomic E-state index is 11.4. The Morgan fingerprint density at radius 1 is 1.45 bits per heavy atom. The molecule has 0 radical (unpaired) electrons. The summed E-state index contributed by atoms with van der Waals surface area (Å²) in [4.78, 5) is 32.9. The zero-order chi connectivity index (χ0) is 15.9. The molecule has 0 aliphatic carbocycles. The van der Waals surface area contributed by atoms with E-state index in [0.717, 1.165) is 24.9 Å². The van der Waals surface area contributed by atoms with E-state index in [9.17, 15) is 9.59 Å². The van der Waals surface area contributed by atoms with Crippen LogP contribution in [0.3, 0.4) is 0 Å². The third kappa shape index (κ3) is 4.39. The molecule has 1 aromatic heterocycles. The van der Waals surface area contributed by atoms with Crippen LogP contribution >= 0.6 is 0 Å². The second kappa shape index (κ2) is 7.69. The highest BCUT2D eigenvalue weighted by Crippen LogP contribution is 2.19. The number of rotatable bonds is 7. The molecule has 0 spiro atoms. The van der Waals surface area contributed by atoms with Crippen LogP contribution in [0.1, 0.15) is 25.3 Å². The Morgan fingerprint density at radius 3 is 2.82 bits per heavy atom. The number of ether oxygens (including phenoxy) is 1. The number of hydrogen-bond acceptors (Lipinski definition) is 7. The molecule has 8 heteroatoms. The number of carbonyl (C=O) groups is 2. The van der Waals surface area contributed by atoms with Gasteiger partial charge in [0.15, 0.2) is 0 Å². The van der Waals surface area contributed by atoms with E-state index >= 15 is 0 Å². The smallest absolute Gasteiger partial charge is 0.325 e. The number of esters is 1. The van der Waals surface area contributed by atoms with Crippen LogP contribution < -0.4 is 11.1 Å². The summed E-state index contributed by atoms with van der Waals surface area (Å²) in [5.41, 5.74) is 6.29. The van der Waals surface area contributed by atoms with Crippen molar-refractivity contribution in [3.05, 3.63) is 18.0 Å². The predicted molar refractivity (Wildman–Crippen MR) is 79.8 cm³/mol. The summed E-state index contributed by atoms with van der Waals surface area (Å²) < 4.78 is 4.80. The average molecular weight is 307 g/mol. The van der Waals surface area contributed by atoms with Gasteiger partial charge in [-0.3, -0.25) is 14.5 Å². The zero-order valence-electron chi connectivity index (χ0n) is 12.6. The summed E-state index contributed by atoms with van der Waals surface area (Å²) >= 11 is 0. The number of primary amides is 1. The van der Waals surface area contributed by atoms with Gasteiger partial charge in [0.1, 0.15) is 6.54 Å². The number of hydrogen-bond donors (Lipinski definition) is 2. The van der Waals surface area contributed by atoms with Gasteiger partial charge in [0.25, 0.3) is 0 Å². The van der Waals surface area contributed by atoms with Gasteiger partial charge in [-0.1, -0.05) is 0 Å². The highest BCUT2D eigenvalue weighted by Gasteiger charge is 2.28. The van der Waals surface area contributed by atoms with Crippen LogP contribution in [0, 0.1) is 0 Å². The summed E-state index contributed by atoms with van der Waals surface area (Å²) in [7, 11) is 0. The molecule has 22 heavy (non-hydrogen) atoms. The first-order chi connectivity index (χ1) is 10.6. The van der Waals surface area contributed by atoms with E-state index in [1.54, 1.807) is 19.3 Å². The van der Waals surface area contributed by atoms with Crippen molar-refractivity contribution in [2.45, 2.75) is 32.4 Å². The van der Waals surface area contributed by atoms with Crippen LogP contribution in [-0.4, -0.2) is 52.5 Å². The molecule has 1 aliphatic heterocycles. The van der Waals surface area contributed by atoms with Crippen LogP contribution in [0.25, 0.3) is 0 Å². The summed E-state index contributed by atoms with van der Waals surface area (Å²) in [6.45, 7) is 3.56. The maximum absolute atomic E-state index is 11.4. The molecule has 1 aliphatic rings. The molecule has 1 saturated heterocycles. The number of aromatic nitrogens is 2. The van der Waals surface area contributed by atoms with Gasteiger partial charge in [-0.2, -0.15) is 0 Å². The van der Waals surface area contributed by atoms with E-state index in [-0.39, 0.29) is 24.5 Å². The first-order valence-corrected chi connectivity index (χ1v) is 7.34. The second-order valence-electron chi connectivity index (χ2n) is 5.10. The Hall–Kier alpha value is -2.22. The highest BCUT2D eigenvalue weighted by molar-refractivity contribution is 5.80. The number of anilines is 1. The molecule has 120 valence electrons. The van der Waals surface area contributed by atoms with Gasteiger partial charge in [0.05, 0.1) is 12.6 Å². The van der Waals surface area contributed by atoms with Crippen molar-refractivity contribution in [1.82, 2.24) is 14.9 Å². The molecule has 8 nitrogen and oxygen atoms in total. The molecular formula is C14H21N5O3. The number of nitrogens with two attached hydrogens (primary N) is 1. The molecule has 3 N–H and O–H groups in total. The Balaban J connectivity index is 1.86. The van der Waals surface area contributed by atoms with Crippen molar-refractivity contribution < 1.29 is 14.3 Å². The maximum Gasteiger partial charge on any atom is 0.325 e. The lowest BCUT2D eigenvalue weighted by atomic mass is 10.2. The van der Waals surface area contributed by atoms with Crippen molar-refractivity contribution in [2.24, 2.45) is 5.73 Å². The normalized spacial score (nSPS) is 18.1. The lowest BCUT2D eigenvalue weighted by Crippen LogP contribution is -2.39. The lowest BCUT2D eigenvalue weighted by molar-refractivity contribution is -0.140. The predicted octanol–water partition coefficient (Wildman–Crippen LogP) is -0.0987. The second-order valence-corrected chi connectivity index (χ2v) is 5.10. The van der Waals surface area contributed by atoms with Gasteiger partial charge >= 0.3 is 5.97 Å². The molecule has 2 rings (SSSR count). The minimum absolute atomic E-state index is 0.0308. The topological polar surface area (TPSA) is 110 Å². The Labute approximate surface area is 129 Å². The molecule has 0 unspecified atom stereocenters. The molecule has 1 atom stereocenters.